The molecule has 0 fully saturated rings. The minimum Gasteiger partial charge on any atom is -0.497 e. The zero-order valence-electron chi connectivity index (χ0n) is 11.5. The Morgan fingerprint density at radius 2 is 2.24 bits per heavy atom. The number of methoxy groups -OCH3 is 1. The van der Waals surface area contributed by atoms with Crippen molar-refractivity contribution in [3.63, 3.8) is 0 Å². The van der Waals surface area contributed by atoms with Crippen molar-refractivity contribution in [3.05, 3.63) is 53.9 Å². The summed E-state index contributed by atoms with van der Waals surface area (Å²) in [6.45, 7) is -0.236. The van der Waals surface area contributed by atoms with Crippen LogP contribution in [0.4, 0.5) is 5.69 Å². The van der Waals surface area contributed by atoms with Crippen molar-refractivity contribution >= 4 is 11.6 Å². The number of pyridine rings is 1. The number of aliphatic hydroxyl groups is 1. The van der Waals surface area contributed by atoms with E-state index < -0.39 is 0 Å². The van der Waals surface area contributed by atoms with Crippen LogP contribution in [0.25, 0.3) is 0 Å². The molecular weight excluding hydrogens is 268 g/mol. The number of anilines is 1. The smallest absolute Gasteiger partial charge is 0.257 e. The molecule has 1 aromatic heterocycles. The Labute approximate surface area is 122 Å². The lowest BCUT2D eigenvalue weighted by atomic mass is 10.2. The maximum Gasteiger partial charge on any atom is 0.257 e. The van der Waals surface area contributed by atoms with Gasteiger partial charge in [0.05, 0.1) is 12.7 Å². The quantitative estimate of drug-likeness (QED) is 0.840. The summed E-state index contributed by atoms with van der Waals surface area (Å²) in [5, 5.41) is 11.4. The summed E-state index contributed by atoms with van der Waals surface area (Å²) in [7, 11) is 1.56. The number of carbonyl (C=O) groups excluding carboxylic acids is 1. The summed E-state index contributed by atoms with van der Waals surface area (Å²) in [5.41, 5.74) is 1.59. The van der Waals surface area contributed by atoms with Crippen LogP contribution in [-0.2, 0) is 0 Å². The summed E-state index contributed by atoms with van der Waals surface area (Å²) in [5.74, 6) is 5.59. The van der Waals surface area contributed by atoms with Gasteiger partial charge in [0.25, 0.3) is 5.91 Å². The van der Waals surface area contributed by atoms with Crippen molar-refractivity contribution < 1.29 is 14.6 Å². The van der Waals surface area contributed by atoms with Gasteiger partial charge in [0.15, 0.2) is 0 Å². The second kappa shape index (κ2) is 7.08. The topological polar surface area (TPSA) is 71.5 Å². The van der Waals surface area contributed by atoms with E-state index in [-0.39, 0.29) is 12.5 Å². The summed E-state index contributed by atoms with van der Waals surface area (Å²) >= 11 is 0. The Bertz CT molecular complexity index is 702. The third-order valence-corrected chi connectivity index (χ3v) is 2.64. The van der Waals surface area contributed by atoms with Gasteiger partial charge in [-0.2, -0.15) is 0 Å². The molecule has 2 N–H and O–H groups in total. The molecule has 0 saturated heterocycles. The third-order valence-electron chi connectivity index (χ3n) is 2.64. The van der Waals surface area contributed by atoms with Crippen molar-refractivity contribution in [2.24, 2.45) is 0 Å². The Morgan fingerprint density at radius 1 is 1.38 bits per heavy atom. The van der Waals surface area contributed by atoms with E-state index in [0.717, 1.165) is 0 Å². The van der Waals surface area contributed by atoms with Gasteiger partial charge in [-0.25, -0.2) is 0 Å². The largest absolute Gasteiger partial charge is 0.497 e. The Morgan fingerprint density at radius 3 is 3.00 bits per heavy atom. The molecule has 1 amide bonds. The molecule has 5 heteroatoms. The van der Waals surface area contributed by atoms with Crippen LogP contribution in [0.5, 0.6) is 5.75 Å². The highest BCUT2D eigenvalue weighted by Gasteiger charge is 2.07. The van der Waals surface area contributed by atoms with Crippen molar-refractivity contribution in [3.8, 4) is 17.6 Å². The van der Waals surface area contributed by atoms with Crippen molar-refractivity contribution in [2.75, 3.05) is 19.0 Å². The number of amides is 1. The van der Waals surface area contributed by atoms with E-state index in [1.807, 2.05) is 0 Å². The molecule has 0 bridgehead atoms. The van der Waals surface area contributed by atoms with Crippen LogP contribution in [-0.4, -0.2) is 29.7 Å². The maximum atomic E-state index is 12.2. The molecule has 0 aliphatic rings. The molecule has 1 heterocycles. The van der Waals surface area contributed by atoms with E-state index in [0.29, 0.717) is 22.6 Å². The van der Waals surface area contributed by atoms with E-state index in [1.54, 1.807) is 37.4 Å². The van der Waals surface area contributed by atoms with Gasteiger partial charge in [-0.1, -0.05) is 17.9 Å². The molecule has 0 atom stereocenters. The average molecular weight is 282 g/mol. The molecule has 1 aromatic carbocycles. The fourth-order valence-electron chi connectivity index (χ4n) is 1.68. The Balaban J connectivity index is 2.16. The molecule has 0 radical (unpaired) electrons. The standard InChI is InChI=1S/C16H14N2O3/c1-21-15-6-2-5-14(9-15)18-16(20)13-8-12(4-3-7-19)10-17-11-13/h2,5-6,8-11,19H,7H2,1H3,(H,18,20). The molecule has 0 aliphatic carbocycles. The number of rotatable bonds is 3. The van der Waals surface area contributed by atoms with Gasteiger partial charge in [-0.15, -0.1) is 0 Å². The van der Waals surface area contributed by atoms with Gasteiger partial charge in [-0.05, 0) is 18.2 Å². The predicted molar refractivity (Wildman–Crippen MR) is 79.1 cm³/mol. The lowest BCUT2D eigenvalue weighted by molar-refractivity contribution is 0.102. The summed E-state index contributed by atoms with van der Waals surface area (Å²) in [4.78, 5) is 16.1. The van der Waals surface area contributed by atoms with Crippen molar-refractivity contribution in [1.29, 1.82) is 0 Å². The van der Waals surface area contributed by atoms with Crippen LogP contribution in [0.2, 0.25) is 0 Å². The molecule has 0 saturated carbocycles. The zero-order chi connectivity index (χ0) is 15.1. The number of ether oxygens (including phenoxy) is 1. The minimum absolute atomic E-state index is 0.236. The van der Waals surface area contributed by atoms with Crippen molar-refractivity contribution in [1.82, 2.24) is 4.98 Å². The Kier molecular flexibility index (Phi) is 4.91. The molecule has 5 nitrogen and oxygen atoms in total. The fraction of sp³-hybridized carbons (Fsp3) is 0.125. The van der Waals surface area contributed by atoms with Crippen LogP contribution in [0.1, 0.15) is 15.9 Å². The zero-order valence-corrected chi connectivity index (χ0v) is 11.5. The number of benzene rings is 1. The number of aliphatic hydroxyl groups excluding tert-OH is 1. The first-order chi connectivity index (χ1) is 10.2. The lowest BCUT2D eigenvalue weighted by Crippen LogP contribution is -2.12. The number of aromatic nitrogens is 1. The van der Waals surface area contributed by atoms with Gasteiger partial charge in [-0.3, -0.25) is 9.78 Å². The van der Waals surface area contributed by atoms with Gasteiger partial charge >= 0.3 is 0 Å². The van der Waals surface area contributed by atoms with Crippen LogP contribution in [0.3, 0.4) is 0 Å². The summed E-state index contributed by atoms with van der Waals surface area (Å²) in [6, 6.07) is 8.69. The van der Waals surface area contributed by atoms with Gasteiger partial charge < -0.3 is 15.2 Å². The van der Waals surface area contributed by atoms with Crippen LogP contribution < -0.4 is 10.1 Å². The van der Waals surface area contributed by atoms with Crippen LogP contribution in [0.15, 0.2) is 42.7 Å². The molecule has 0 unspecified atom stereocenters. The Hall–Kier alpha value is -2.84. The highest BCUT2D eigenvalue weighted by molar-refractivity contribution is 6.04. The molecule has 0 spiro atoms. The van der Waals surface area contributed by atoms with E-state index >= 15 is 0 Å². The van der Waals surface area contributed by atoms with E-state index in [2.05, 4.69) is 22.1 Å². The second-order valence-electron chi connectivity index (χ2n) is 4.11. The number of nitrogens with zero attached hydrogens (tertiary/aromatic N) is 1. The molecule has 2 aromatic rings. The second-order valence-corrected chi connectivity index (χ2v) is 4.11. The van der Waals surface area contributed by atoms with E-state index in [1.165, 1.54) is 12.4 Å². The first kappa shape index (κ1) is 14.6. The number of nitrogens with one attached hydrogen (secondary N) is 1. The molecule has 0 aliphatic heterocycles. The number of hydrogen-bond acceptors (Lipinski definition) is 4. The van der Waals surface area contributed by atoms with Gasteiger partial charge in [0.1, 0.15) is 12.4 Å². The molecule has 21 heavy (non-hydrogen) atoms. The number of carbonyl (C=O) groups is 1. The highest BCUT2D eigenvalue weighted by atomic mass is 16.5. The van der Waals surface area contributed by atoms with Crippen molar-refractivity contribution in [2.45, 2.75) is 0 Å². The first-order valence-electron chi connectivity index (χ1n) is 6.23. The molecule has 2 rings (SSSR count). The monoisotopic (exact) mass is 282 g/mol. The van der Waals surface area contributed by atoms with Gasteiger partial charge in [0.2, 0.25) is 0 Å². The normalized spacial score (nSPS) is 9.43. The van der Waals surface area contributed by atoms with Crippen LogP contribution in [0, 0.1) is 11.8 Å². The van der Waals surface area contributed by atoms with E-state index in [9.17, 15) is 4.79 Å². The SMILES string of the molecule is COc1cccc(NC(=O)c2cncc(C#CCO)c2)c1. The molecular formula is C16H14N2O3. The minimum atomic E-state index is -0.289. The summed E-state index contributed by atoms with van der Waals surface area (Å²) < 4.78 is 5.10. The average Bonchev–Trinajstić information content (AvgIpc) is 2.53. The van der Waals surface area contributed by atoms with Gasteiger partial charge in [0, 0.05) is 29.7 Å². The first-order valence-corrected chi connectivity index (χ1v) is 6.23. The summed E-state index contributed by atoms with van der Waals surface area (Å²) in [6.07, 6.45) is 2.99. The predicted octanol–water partition coefficient (Wildman–Crippen LogP) is 1.69. The van der Waals surface area contributed by atoms with Crippen LogP contribution >= 0.6 is 0 Å². The van der Waals surface area contributed by atoms with E-state index in [4.69, 9.17) is 9.84 Å². The maximum absolute atomic E-state index is 12.2. The highest BCUT2D eigenvalue weighted by Crippen LogP contribution is 2.17. The number of hydrogen-bond donors (Lipinski definition) is 2. The lowest BCUT2D eigenvalue weighted by Gasteiger charge is -2.07. The molecule has 106 valence electrons. The fourth-order valence-corrected chi connectivity index (χ4v) is 1.68. The third kappa shape index (κ3) is 4.06.